The maximum Gasteiger partial charge on any atom is 0.409 e. The smallest absolute Gasteiger partial charge is 0.409 e. The minimum Gasteiger partial charge on any atom is -0.489 e. The van der Waals surface area contributed by atoms with Gasteiger partial charge in [0.2, 0.25) is 5.82 Å². The van der Waals surface area contributed by atoms with Gasteiger partial charge in [0, 0.05) is 30.6 Å². The van der Waals surface area contributed by atoms with E-state index in [2.05, 4.69) is 14.9 Å². The molecule has 12 heteroatoms. The van der Waals surface area contributed by atoms with Gasteiger partial charge in [-0.25, -0.2) is 9.59 Å². The summed E-state index contributed by atoms with van der Waals surface area (Å²) in [6.45, 7) is 3.39. The minimum atomic E-state index is -0.894. The molecule has 6 rings (SSSR count). The lowest BCUT2D eigenvalue weighted by molar-refractivity contribution is -0.138. The molecule has 5 aromatic rings. The van der Waals surface area contributed by atoms with Crippen LogP contribution in [0.4, 0.5) is 4.79 Å². The lowest BCUT2D eigenvalue weighted by Gasteiger charge is -2.17. The molecule has 53 heavy (non-hydrogen) atoms. The molecule has 0 unspecified atom stereocenters. The van der Waals surface area contributed by atoms with E-state index in [1.165, 1.54) is 13.2 Å². The Kier molecular flexibility index (Phi) is 13.7. The molecule has 12 nitrogen and oxygen atoms in total. The SMILES string of the molecule is CCOC(=O)N1C[C@H](CC(=O)O)[C@H](c2cccc(OCc3noc(-c4ccccc4)n3)c2)C1.COC(=O)/C=C\c1cccc(OCc2ccccc2)c1. The van der Waals surface area contributed by atoms with E-state index in [0.717, 1.165) is 28.0 Å². The van der Waals surface area contributed by atoms with Crippen LogP contribution in [0.25, 0.3) is 17.5 Å². The van der Waals surface area contributed by atoms with Gasteiger partial charge >= 0.3 is 18.0 Å². The topological polar surface area (TPSA) is 151 Å². The van der Waals surface area contributed by atoms with E-state index < -0.39 is 12.1 Å². The molecule has 1 saturated heterocycles. The van der Waals surface area contributed by atoms with Crippen molar-refractivity contribution in [3.05, 3.63) is 138 Å². The average Bonchev–Trinajstić information content (AvgIpc) is 3.84. The fourth-order valence-corrected chi connectivity index (χ4v) is 5.72. The van der Waals surface area contributed by atoms with Crippen LogP contribution in [0.15, 0.2) is 120 Å². The molecular weight excluding hydrogens is 678 g/mol. The summed E-state index contributed by atoms with van der Waals surface area (Å²) in [5, 5.41) is 13.3. The van der Waals surface area contributed by atoms with Gasteiger partial charge in [-0.05, 0) is 72.0 Å². The summed E-state index contributed by atoms with van der Waals surface area (Å²) in [5.41, 5.74) is 3.74. The Morgan fingerprint density at radius 1 is 0.868 bits per heavy atom. The summed E-state index contributed by atoms with van der Waals surface area (Å²) in [7, 11) is 1.35. The van der Waals surface area contributed by atoms with Crippen molar-refractivity contribution in [2.75, 3.05) is 26.8 Å². The molecule has 0 saturated carbocycles. The second-order valence-corrected chi connectivity index (χ2v) is 12.0. The summed E-state index contributed by atoms with van der Waals surface area (Å²) in [6.07, 6.45) is 2.63. The van der Waals surface area contributed by atoms with E-state index in [9.17, 15) is 19.5 Å². The molecule has 2 atom stereocenters. The number of carbonyl (C=O) groups is 3. The van der Waals surface area contributed by atoms with Gasteiger partial charge in [-0.15, -0.1) is 0 Å². The number of methoxy groups -OCH3 is 1. The number of rotatable bonds is 13. The highest BCUT2D eigenvalue weighted by molar-refractivity contribution is 5.87. The second-order valence-electron chi connectivity index (χ2n) is 12.0. The zero-order valence-corrected chi connectivity index (χ0v) is 29.5. The van der Waals surface area contributed by atoms with Gasteiger partial charge in [-0.2, -0.15) is 4.98 Å². The summed E-state index contributed by atoms with van der Waals surface area (Å²) in [4.78, 5) is 40.5. The molecule has 274 valence electrons. The van der Waals surface area contributed by atoms with E-state index in [4.69, 9.17) is 18.7 Å². The molecule has 1 aromatic heterocycles. The van der Waals surface area contributed by atoms with E-state index in [1.807, 2.05) is 109 Å². The predicted molar refractivity (Wildman–Crippen MR) is 196 cm³/mol. The first-order chi connectivity index (χ1) is 25.8. The Bertz CT molecular complexity index is 1960. The lowest BCUT2D eigenvalue weighted by Crippen LogP contribution is -2.29. The molecule has 4 aromatic carbocycles. The highest BCUT2D eigenvalue weighted by atomic mass is 16.6. The van der Waals surface area contributed by atoms with Crippen LogP contribution in [0.3, 0.4) is 0 Å². The Morgan fingerprint density at radius 3 is 2.28 bits per heavy atom. The van der Waals surface area contributed by atoms with E-state index in [0.29, 0.717) is 37.2 Å². The van der Waals surface area contributed by atoms with Crippen LogP contribution in [0.1, 0.15) is 41.8 Å². The minimum absolute atomic E-state index is 0.0310. The number of likely N-dealkylation sites (tertiary alicyclic amines) is 1. The van der Waals surface area contributed by atoms with Gasteiger partial charge in [0.05, 0.1) is 20.1 Å². The highest BCUT2D eigenvalue weighted by Crippen LogP contribution is 2.36. The van der Waals surface area contributed by atoms with Crippen LogP contribution in [0.5, 0.6) is 11.5 Å². The van der Waals surface area contributed by atoms with Crippen LogP contribution in [0.2, 0.25) is 0 Å². The van der Waals surface area contributed by atoms with E-state index in [-0.39, 0.29) is 37.4 Å². The van der Waals surface area contributed by atoms with Crippen molar-refractivity contribution in [2.45, 2.75) is 32.5 Å². The molecular formula is C41H41N3O9. The van der Waals surface area contributed by atoms with Crippen LogP contribution < -0.4 is 9.47 Å². The number of carboxylic acid groups (broad SMARTS) is 1. The maximum absolute atomic E-state index is 12.2. The van der Waals surface area contributed by atoms with Gasteiger partial charge in [0.1, 0.15) is 18.1 Å². The molecule has 0 bridgehead atoms. The molecule has 1 aliphatic rings. The second kappa shape index (κ2) is 19.3. The van der Waals surface area contributed by atoms with Crippen molar-refractivity contribution in [3.8, 4) is 23.0 Å². The van der Waals surface area contributed by atoms with Crippen molar-refractivity contribution in [2.24, 2.45) is 5.92 Å². The number of hydrogen-bond acceptors (Lipinski definition) is 10. The molecule has 0 aliphatic carbocycles. The summed E-state index contributed by atoms with van der Waals surface area (Å²) >= 11 is 0. The third-order valence-corrected chi connectivity index (χ3v) is 8.27. The van der Waals surface area contributed by atoms with Crippen LogP contribution in [0, 0.1) is 5.92 Å². The van der Waals surface area contributed by atoms with Crippen LogP contribution >= 0.6 is 0 Å². The van der Waals surface area contributed by atoms with E-state index in [1.54, 1.807) is 17.9 Å². The number of ether oxygens (including phenoxy) is 4. The first-order valence-corrected chi connectivity index (χ1v) is 17.1. The molecule has 1 N–H and O–H groups in total. The fourth-order valence-electron chi connectivity index (χ4n) is 5.72. The standard InChI is InChI=1S/C24H25N3O6.C17H16O3/c1-2-31-24(30)27-13-18(12-22(28)29)20(14-27)17-9-6-10-19(11-17)32-15-21-25-23(33-26-21)16-7-4-3-5-8-16;1-19-17(18)11-10-14-8-5-9-16(12-14)20-13-15-6-3-2-4-7-15/h3-11,18,20H,2,12-15H2,1H3,(H,28,29);2-12H,13H2,1H3/b;11-10-/t18-,20-;/m0./s1. The van der Waals surface area contributed by atoms with Crippen molar-refractivity contribution < 1.29 is 43.0 Å². The van der Waals surface area contributed by atoms with Crippen molar-refractivity contribution >= 4 is 24.1 Å². The summed E-state index contributed by atoms with van der Waals surface area (Å²) in [6, 6.07) is 34.4. The Balaban J connectivity index is 0.000000231. The Labute approximate surface area is 307 Å². The van der Waals surface area contributed by atoms with Crippen LogP contribution in [-0.4, -0.2) is 65.0 Å². The number of aliphatic carboxylic acids is 1. The Morgan fingerprint density at radius 2 is 1.57 bits per heavy atom. The fraction of sp³-hybridized carbons (Fsp3) is 0.244. The number of esters is 1. The first kappa shape index (κ1) is 37.8. The zero-order valence-electron chi connectivity index (χ0n) is 29.5. The number of amides is 1. The van der Waals surface area contributed by atoms with Gasteiger partial charge in [-0.1, -0.05) is 78.0 Å². The van der Waals surface area contributed by atoms with Gasteiger partial charge in [0.15, 0.2) is 6.61 Å². The third kappa shape index (κ3) is 11.5. The molecule has 2 heterocycles. The number of aromatic nitrogens is 2. The molecule has 0 radical (unpaired) electrons. The number of benzene rings is 4. The van der Waals surface area contributed by atoms with Crippen molar-refractivity contribution in [1.82, 2.24) is 15.0 Å². The zero-order chi connectivity index (χ0) is 37.4. The summed E-state index contributed by atoms with van der Waals surface area (Å²) < 4.78 is 26.5. The number of carbonyl (C=O) groups excluding carboxylic acids is 2. The van der Waals surface area contributed by atoms with Crippen molar-refractivity contribution in [1.29, 1.82) is 0 Å². The largest absolute Gasteiger partial charge is 0.489 e. The normalized spacial score (nSPS) is 14.9. The first-order valence-electron chi connectivity index (χ1n) is 17.1. The number of nitrogens with zero attached hydrogens (tertiary/aromatic N) is 3. The number of carboxylic acids is 1. The lowest BCUT2D eigenvalue weighted by atomic mass is 9.87. The van der Waals surface area contributed by atoms with Gasteiger partial charge in [0.25, 0.3) is 5.89 Å². The molecule has 1 fully saturated rings. The monoisotopic (exact) mass is 719 g/mol. The maximum atomic E-state index is 12.2. The van der Waals surface area contributed by atoms with Gasteiger partial charge < -0.3 is 33.5 Å². The molecule has 1 amide bonds. The number of hydrogen-bond donors (Lipinski definition) is 1. The highest BCUT2D eigenvalue weighted by Gasteiger charge is 2.38. The van der Waals surface area contributed by atoms with Crippen molar-refractivity contribution in [3.63, 3.8) is 0 Å². The Hall–Kier alpha value is -6.43. The molecule has 1 aliphatic heterocycles. The van der Waals surface area contributed by atoms with Crippen LogP contribution in [-0.2, 0) is 32.3 Å². The third-order valence-electron chi connectivity index (χ3n) is 8.27. The molecule has 0 spiro atoms. The van der Waals surface area contributed by atoms with Gasteiger partial charge in [-0.3, -0.25) is 4.79 Å². The van der Waals surface area contributed by atoms with E-state index >= 15 is 0 Å². The predicted octanol–water partition coefficient (Wildman–Crippen LogP) is 7.41. The average molecular weight is 720 g/mol. The summed E-state index contributed by atoms with van der Waals surface area (Å²) in [5.74, 6) is 0.580. The quantitative estimate of drug-likeness (QED) is 0.0957.